The second-order valence-corrected chi connectivity index (χ2v) is 8.81. The molecule has 2 aliphatic rings. The Balaban J connectivity index is 0.000000240. The molecule has 0 unspecified atom stereocenters. The van der Waals surface area contributed by atoms with Crippen LogP contribution in [-0.4, -0.2) is 46.6 Å². The van der Waals surface area contributed by atoms with E-state index in [0.29, 0.717) is 25.7 Å². The smallest absolute Gasteiger partial charge is 0.311 e. The molecule has 6 nitrogen and oxygen atoms in total. The lowest BCUT2D eigenvalue weighted by atomic mass is 9.91. The Morgan fingerprint density at radius 2 is 0.958 bits per heavy atom. The van der Waals surface area contributed by atoms with Crippen molar-refractivity contribution in [2.45, 2.75) is 91.6 Å². The summed E-state index contributed by atoms with van der Waals surface area (Å²) in [6.45, 7) is 10.9. The number of carbonyl (C=O) groups is 2. The van der Waals surface area contributed by atoms with Crippen molar-refractivity contribution in [3.05, 3.63) is 0 Å². The van der Waals surface area contributed by atoms with Gasteiger partial charge in [0.15, 0.2) is 0 Å². The molecule has 0 radical (unpaired) electrons. The highest BCUT2D eigenvalue weighted by molar-refractivity contribution is 5.76. The first kappa shape index (κ1) is 20.9. The molecule has 0 aliphatic heterocycles. The number of esters is 2. The van der Waals surface area contributed by atoms with Crippen molar-refractivity contribution in [2.24, 2.45) is 10.8 Å². The fraction of sp³-hybridized carbons (Fsp3) is 0.889. The highest BCUT2D eigenvalue weighted by atomic mass is 16.6. The Bertz CT molecular complexity index is 391. The quantitative estimate of drug-likeness (QED) is 0.746. The average Bonchev–Trinajstić information content (AvgIpc) is 2.33. The molecule has 0 bridgehead atoms. The van der Waals surface area contributed by atoms with Gasteiger partial charge in [0.05, 0.1) is 23.0 Å². The van der Waals surface area contributed by atoms with Gasteiger partial charge in [0.1, 0.15) is 12.2 Å². The van der Waals surface area contributed by atoms with Crippen molar-refractivity contribution in [2.75, 3.05) is 0 Å². The second-order valence-electron chi connectivity index (χ2n) is 8.81. The molecular weight excluding hydrogens is 312 g/mol. The third-order valence-corrected chi connectivity index (χ3v) is 3.91. The molecule has 0 saturated heterocycles. The maximum atomic E-state index is 11.3. The monoisotopic (exact) mass is 344 g/mol. The second kappa shape index (κ2) is 7.83. The first-order valence-electron chi connectivity index (χ1n) is 8.57. The van der Waals surface area contributed by atoms with E-state index in [1.807, 2.05) is 41.5 Å². The lowest BCUT2D eigenvalue weighted by Crippen LogP contribution is -2.39. The normalized spacial score (nSPS) is 29.3. The van der Waals surface area contributed by atoms with Crippen LogP contribution in [0.15, 0.2) is 0 Å². The van der Waals surface area contributed by atoms with Crippen LogP contribution in [0.4, 0.5) is 0 Å². The van der Waals surface area contributed by atoms with Crippen molar-refractivity contribution in [3.8, 4) is 0 Å². The van der Waals surface area contributed by atoms with Crippen molar-refractivity contribution in [1.29, 1.82) is 0 Å². The van der Waals surface area contributed by atoms with E-state index in [1.54, 1.807) is 0 Å². The van der Waals surface area contributed by atoms with Crippen LogP contribution >= 0.6 is 0 Å². The average molecular weight is 344 g/mol. The van der Waals surface area contributed by atoms with Gasteiger partial charge >= 0.3 is 11.9 Å². The Kier molecular flexibility index (Phi) is 6.82. The van der Waals surface area contributed by atoms with Crippen molar-refractivity contribution in [1.82, 2.24) is 0 Å². The molecule has 6 heteroatoms. The third-order valence-electron chi connectivity index (χ3n) is 3.91. The number of aliphatic hydroxyl groups excluding tert-OH is 2. The minimum Gasteiger partial charge on any atom is -0.462 e. The summed E-state index contributed by atoms with van der Waals surface area (Å²) in [4.78, 5) is 22.5. The van der Waals surface area contributed by atoms with Gasteiger partial charge in [-0.15, -0.1) is 0 Å². The van der Waals surface area contributed by atoms with E-state index < -0.39 is 10.8 Å². The van der Waals surface area contributed by atoms with Crippen LogP contribution in [0.25, 0.3) is 0 Å². The molecular formula is C18H32O6. The van der Waals surface area contributed by atoms with Gasteiger partial charge in [0.2, 0.25) is 0 Å². The van der Waals surface area contributed by atoms with Gasteiger partial charge in [-0.05, 0) is 41.5 Å². The predicted molar refractivity (Wildman–Crippen MR) is 89.2 cm³/mol. The lowest BCUT2D eigenvalue weighted by Gasteiger charge is -2.32. The number of hydrogen-bond donors (Lipinski definition) is 2. The van der Waals surface area contributed by atoms with Gasteiger partial charge in [-0.1, -0.05) is 0 Å². The molecule has 2 fully saturated rings. The van der Waals surface area contributed by atoms with Gasteiger partial charge in [-0.3, -0.25) is 9.59 Å². The lowest BCUT2D eigenvalue weighted by molar-refractivity contribution is -0.169. The molecule has 2 N–H and O–H groups in total. The fourth-order valence-corrected chi connectivity index (χ4v) is 1.92. The summed E-state index contributed by atoms with van der Waals surface area (Å²) in [5.41, 5.74) is -0.860. The molecule has 140 valence electrons. The summed E-state index contributed by atoms with van der Waals surface area (Å²) in [5.74, 6) is -0.362. The molecule has 0 aromatic rings. The van der Waals surface area contributed by atoms with Crippen LogP contribution in [0.5, 0.6) is 0 Å². The van der Waals surface area contributed by atoms with Gasteiger partial charge in [-0.2, -0.15) is 0 Å². The van der Waals surface area contributed by atoms with Crippen molar-refractivity contribution in [3.63, 3.8) is 0 Å². The van der Waals surface area contributed by atoms with E-state index >= 15 is 0 Å². The number of rotatable bonds is 2. The minimum atomic E-state index is -0.430. The van der Waals surface area contributed by atoms with Crippen LogP contribution in [0, 0.1) is 10.8 Å². The zero-order valence-corrected chi connectivity index (χ0v) is 15.7. The summed E-state index contributed by atoms with van der Waals surface area (Å²) < 4.78 is 10.2. The molecule has 0 heterocycles. The fourth-order valence-electron chi connectivity index (χ4n) is 1.92. The van der Waals surface area contributed by atoms with Crippen LogP contribution in [0.1, 0.15) is 67.2 Å². The highest BCUT2D eigenvalue weighted by Gasteiger charge is 2.34. The maximum absolute atomic E-state index is 11.3. The summed E-state index contributed by atoms with van der Waals surface area (Å²) in [5, 5.41) is 17.9. The van der Waals surface area contributed by atoms with E-state index in [1.165, 1.54) is 0 Å². The molecule has 0 aromatic heterocycles. The first-order chi connectivity index (χ1) is 10.8. The molecule has 0 amide bonds. The Labute approximate surface area is 144 Å². The number of aliphatic hydroxyl groups is 2. The van der Waals surface area contributed by atoms with Crippen LogP contribution in [0.2, 0.25) is 0 Å². The highest BCUT2D eigenvalue weighted by Crippen LogP contribution is 2.27. The Morgan fingerprint density at radius 3 is 1.12 bits per heavy atom. The minimum absolute atomic E-state index is 0.0493. The predicted octanol–water partition coefficient (Wildman–Crippen LogP) is 2.20. The summed E-state index contributed by atoms with van der Waals surface area (Å²) in [7, 11) is 0. The Morgan fingerprint density at radius 1 is 0.708 bits per heavy atom. The van der Waals surface area contributed by atoms with Gasteiger partial charge in [0.25, 0.3) is 0 Å². The topological polar surface area (TPSA) is 93.1 Å². The van der Waals surface area contributed by atoms with E-state index in [9.17, 15) is 9.59 Å². The molecule has 2 saturated carbocycles. The maximum Gasteiger partial charge on any atom is 0.311 e. The molecule has 2 rings (SSSR count). The molecule has 0 spiro atoms. The Hall–Kier alpha value is -1.14. The van der Waals surface area contributed by atoms with Gasteiger partial charge in [0, 0.05) is 25.7 Å². The molecule has 0 atom stereocenters. The number of hydrogen-bond acceptors (Lipinski definition) is 6. The third kappa shape index (κ3) is 6.77. The molecule has 24 heavy (non-hydrogen) atoms. The van der Waals surface area contributed by atoms with Gasteiger partial charge in [-0.25, -0.2) is 0 Å². The van der Waals surface area contributed by atoms with Crippen LogP contribution < -0.4 is 0 Å². The van der Waals surface area contributed by atoms with Crippen molar-refractivity contribution < 1.29 is 29.3 Å². The first-order valence-corrected chi connectivity index (χ1v) is 8.57. The standard InChI is InChI=1S/2C9H16O3/c2*1-9(2,3)8(11)12-7-4-6(10)5-7/h2*6-7,10H,4-5H2,1-3H3. The van der Waals surface area contributed by atoms with Crippen LogP contribution in [-0.2, 0) is 19.1 Å². The molecule has 2 aliphatic carbocycles. The zero-order valence-electron chi connectivity index (χ0n) is 15.7. The van der Waals surface area contributed by atoms with E-state index in [-0.39, 0.29) is 36.4 Å². The number of ether oxygens (including phenoxy) is 2. The van der Waals surface area contributed by atoms with E-state index in [2.05, 4.69) is 0 Å². The summed E-state index contributed by atoms with van der Waals surface area (Å²) >= 11 is 0. The van der Waals surface area contributed by atoms with Crippen molar-refractivity contribution >= 4 is 11.9 Å². The molecule has 0 aromatic carbocycles. The largest absolute Gasteiger partial charge is 0.462 e. The number of carbonyl (C=O) groups excluding carboxylic acids is 2. The van der Waals surface area contributed by atoms with E-state index in [4.69, 9.17) is 19.7 Å². The van der Waals surface area contributed by atoms with Gasteiger partial charge < -0.3 is 19.7 Å². The SMILES string of the molecule is CC(C)(C)C(=O)OC1CC(O)C1.CC(C)(C)C(=O)OC1CC(O)C1. The summed E-state index contributed by atoms with van der Waals surface area (Å²) in [6.07, 6.45) is 1.77. The zero-order chi connectivity index (χ0) is 18.7. The van der Waals surface area contributed by atoms with E-state index in [0.717, 1.165) is 0 Å². The summed E-state index contributed by atoms with van der Waals surface area (Å²) in [6, 6.07) is 0. The van der Waals surface area contributed by atoms with Crippen LogP contribution in [0.3, 0.4) is 0 Å².